The molecule has 1 aromatic rings. The van der Waals surface area contributed by atoms with E-state index in [2.05, 4.69) is 5.32 Å². The molecule has 3 nitrogen and oxygen atoms in total. The molecule has 0 amide bonds. The molecule has 0 aromatic heterocycles. The van der Waals surface area contributed by atoms with E-state index >= 15 is 0 Å². The van der Waals surface area contributed by atoms with Crippen molar-refractivity contribution < 1.29 is 9.84 Å². The van der Waals surface area contributed by atoms with Gasteiger partial charge in [-0.1, -0.05) is 29.6 Å². The maximum atomic E-state index is 9.67. The number of rotatable bonds is 5. The van der Waals surface area contributed by atoms with Crippen molar-refractivity contribution in [1.29, 1.82) is 0 Å². The van der Waals surface area contributed by atoms with Crippen molar-refractivity contribution in [2.45, 2.75) is 38.3 Å². The van der Waals surface area contributed by atoms with Gasteiger partial charge in [-0.25, -0.2) is 0 Å². The number of aliphatic hydroxyl groups is 1. The summed E-state index contributed by atoms with van der Waals surface area (Å²) in [4.78, 5) is 0. The van der Waals surface area contributed by atoms with Gasteiger partial charge in [-0.05, 0) is 43.9 Å². The standard InChI is InChI=1S/C15H21Cl2NO2/c1-20-15-11(6-12(16)7-14(15)17)9-18-8-10-3-2-4-13(19)5-10/h6-7,10,13,18-19H,2-5,8-9H2,1H3. The molecule has 1 saturated carbocycles. The SMILES string of the molecule is COc1c(Cl)cc(Cl)cc1CNCC1CCCC(O)C1. The highest BCUT2D eigenvalue weighted by Crippen LogP contribution is 2.32. The Kier molecular flexibility index (Phi) is 5.97. The minimum atomic E-state index is -0.134. The molecule has 1 fully saturated rings. The van der Waals surface area contributed by atoms with Gasteiger partial charge in [0.1, 0.15) is 5.75 Å². The number of benzene rings is 1. The van der Waals surface area contributed by atoms with E-state index in [0.29, 0.717) is 28.3 Å². The number of methoxy groups -OCH3 is 1. The molecule has 2 atom stereocenters. The minimum Gasteiger partial charge on any atom is -0.495 e. The number of aliphatic hydroxyl groups excluding tert-OH is 1. The maximum Gasteiger partial charge on any atom is 0.142 e. The van der Waals surface area contributed by atoms with Crippen LogP contribution in [0, 0.1) is 5.92 Å². The third kappa shape index (κ3) is 4.26. The number of ether oxygens (including phenoxy) is 1. The van der Waals surface area contributed by atoms with Crippen molar-refractivity contribution in [2.75, 3.05) is 13.7 Å². The number of hydrogen-bond donors (Lipinski definition) is 2. The zero-order chi connectivity index (χ0) is 14.5. The summed E-state index contributed by atoms with van der Waals surface area (Å²) >= 11 is 12.1. The van der Waals surface area contributed by atoms with Crippen LogP contribution in [0.3, 0.4) is 0 Å². The first-order valence-electron chi connectivity index (χ1n) is 7.01. The normalized spacial score (nSPS) is 22.8. The van der Waals surface area contributed by atoms with Gasteiger partial charge in [0.25, 0.3) is 0 Å². The molecule has 0 bridgehead atoms. The zero-order valence-electron chi connectivity index (χ0n) is 11.7. The Morgan fingerprint density at radius 1 is 1.35 bits per heavy atom. The lowest BCUT2D eigenvalue weighted by atomic mass is 9.87. The minimum absolute atomic E-state index is 0.134. The Balaban J connectivity index is 1.90. The van der Waals surface area contributed by atoms with Gasteiger partial charge < -0.3 is 15.2 Å². The monoisotopic (exact) mass is 317 g/mol. The first-order chi connectivity index (χ1) is 9.60. The average Bonchev–Trinajstić information content (AvgIpc) is 2.38. The summed E-state index contributed by atoms with van der Waals surface area (Å²) in [7, 11) is 1.61. The van der Waals surface area contributed by atoms with E-state index < -0.39 is 0 Å². The summed E-state index contributed by atoms with van der Waals surface area (Å²) in [6, 6.07) is 3.55. The molecule has 1 aromatic carbocycles. The summed E-state index contributed by atoms with van der Waals surface area (Å²) in [5, 5.41) is 14.2. The van der Waals surface area contributed by atoms with Crippen LogP contribution in [0.15, 0.2) is 12.1 Å². The molecule has 2 rings (SSSR count). The highest BCUT2D eigenvalue weighted by molar-refractivity contribution is 6.35. The van der Waals surface area contributed by atoms with Gasteiger partial charge >= 0.3 is 0 Å². The summed E-state index contributed by atoms with van der Waals surface area (Å²) in [6.07, 6.45) is 3.98. The first-order valence-corrected chi connectivity index (χ1v) is 7.76. The molecule has 2 N–H and O–H groups in total. The van der Waals surface area contributed by atoms with E-state index in [1.807, 2.05) is 6.07 Å². The fraction of sp³-hybridized carbons (Fsp3) is 0.600. The van der Waals surface area contributed by atoms with Crippen molar-refractivity contribution in [3.63, 3.8) is 0 Å². The molecule has 0 spiro atoms. The van der Waals surface area contributed by atoms with Gasteiger partial charge in [0, 0.05) is 17.1 Å². The van der Waals surface area contributed by atoms with Crippen LogP contribution in [-0.4, -0.2) is 24.9 Å². The smallest absolute Gasteiger partial charge is 0.142 e. The van der Waals surface area contributed by atoms with Crippen molar-refractivity contribution in [3.8, 4) is 5.75 Å². The second kappa shape index (κ2) is 7.51. The number of hydrogen-bond acceptors (Lipinski definition) is 3. The van der Waals surface area contributed by atoms with E-state index in [0.717, 1.165) is 31.4 Å². The van der Waals surface area contributed by atoms with Gasteiger partial charge in [0.05, 0.1) is 18.2 Å². The predicted octanol–water partition coefficient (Wildman–Crippen LogP) is 3.64. The Labute approximate surface area is 130 Å². The van der Waals surface area contributed by atoms with Crippen molar-refractivity contribution in [2.24, 2.45) is 5.92 Å². The Morgan fingerprint density at radius 2 is 2.15 bits per heavy atom. The quantitative estimate of drug-likeness (QED) is 0.871. The van der Waals surface area contributed by atoms with Crippen molar-refractivity contribution >= 4 is 23.2 Å². The lowest BCUT2D eigenvalue weighted by Gasteiger charge is -2.26. The van der Waals surface area contributed by atoms with E-state index in [1.165, 1.54) is 6.42 Å². The second-order valence-corrected chi connectivity index (χ2v) is 6.24. The molecule has 112 valence electrons. The van der Waals surface area contributed by atoms with Gasteiger partial charge in [0.2, 0.25) is 0 Å². The van der Waals surface area contributed by atoms with Crippen LogP contribution >= 0.6 is 23.2 Å². The van der Waals surface area contributed by atoms with E-state index in [4.69, 9.17) is 27.9 Å². The largest absolute Gasteiger partial charge is 0.495 e. The van der Waals surface area contributed by atoms with E-state index in [-0.39, 0.29) is 6.10 Å². The maximum absolute atomic E-state index is 9.67. The highest BCUT2D eigenvalue weighted by atomic mass is 35.5. The molecule has 0 saturated heterocycles. The lowest BCUT2D eigenvalue weighted by molar-refractivity contribution is 0.101. The van der Waals surface area contributed by atoms with Gasteiger partial charge in [0.15, 0.2) is 0 Å². The van der Waals surface area contributed by atoms with Crippen LogP contribution in [0.1, 0.15) is 31.2 Å². The van der Waals surface area contributed by atoms with Crippen LogP contribution in [0.2, 0.25) is 10.0 Å². The van der Waals surface area contributed by atoms with Gasteiger partial charge in [-0.15, -0.1) is 0 Å². The summed E-state index contributed by atoms with van der Waals surface area (Å²) in [5.41, 5.74) is 0.960. The zero-order valence-corrected chi connectivity index (χ0v) is 13.2. The lowest BCUT2D eigenvalue weighted by Crippen LogP contribution is -2.29. The van der Waals surface area contributed by atoms with Crippen LogP contribution in [0.25, 0.3) is 0 Å². The van der Waals surface area contributed by atoms with Crippen molar-refractivity contribution in [3.05, 3.63) is 27.7 Å². The summed E-state index contributed by atoms with van der Waals surface area (Å²) in [5.74, 6) is 1.21. The highest BCUT2D eigenvalue weighted by Gasteiger charge is 2.19. The first kappa shape index (κ1) is 15.9. The molecule has 1 aliphatic carbocycles. The van der Waals surface area contributed by atoms with Gasteiger partial charge in [-0.3, -0.25) is 0 Å². The molecule has 1 aliphatic rings. The van der Waals surface area contributed by atoms with Crippen molar-refractivity contribution in [1.82, 2.24) is 5.32 Å². The van der Waals surface area contributed by atoms with Crippen LogP contribution in [0.4, 0.5) is 0 Å². The predicted molar refractivity (Wildman–Crippen MR) is 82.7 cm³/mol. The fourth-order valence-electron chi connectivity index (χ4n) is 2.83. The topological polar surface area (TPSA) is 41.5 Å². The number of nitrogens with one attached hydrogen (secondary N) is 1. The Bertz CT molecular complexity index is 454. The van der Waals surface area contributed by atoms with Crippen LogP contribution in [-0.2, 0) is 6.54 Å². The summed E-state index contributed by atoms with van der Waals surface area (Å²) < 4.78 is 5.32. The number of halogens is 2. The molecule has 2 unspecified atom stereocenters. The molecule has 20 heavy (non-hydrogen) atoms. The molecule has 0 heterocycles. The van der Waals surface area contributed by atoms with E-state index in [9.17, 15) is 5.11 Å². The second-order valence-electron chi connectivity index (χ2n) is 5.40. The molecule has 0 aliphatic heterocycles. The Morgan fingerprint density at radius 3 is 2.85 bits per heavy atom. The summed E-state index contributed by atoms with van der Waals surface area (Å²) in [6.45, 7) is 1.56. The molecule has 5 heteroatoms. The van der Waals surface area contributed by atoms with E-state index in [1.54, 1.807) is 13.2 Å². The third-order valence-corrected chi connectivity index (χ3v) is 4.29. The molecular weight excluding hydrogens is 297 g/mol. The third-order valence-electron chi connectivity index (χ3n) is 3.79. The molecule has 0 radical (unpaired) electrons. The van der Waals surface area contributed by atoms with Crippen LogP contribution in [0.5, 0.6) is 5.75 Å². The van der Waals surface area contributed by atoms with Crippen LogP contribution < -0.4 is 10.1 Å². The molecular formula is C15H21Cl2NO2. The Hall–Kier alpha value is -0.480. The van der Waals surface area contributed by atoms with Gasteiger partial charge in [-0.2, -0.15) is 0 Å². The fourth-order valence-corrected chi connectivity index (χ4v) is 3.45. The average molecular weight is 318 g/mol.